The minimum absolute atomic E-state index is 0.0193. The van der Waals surface area contributed by atoms with Gasteiger partial charge in [-0.2, -0.15) is 18.2 Å². The Hall–Kier alpha value is -3.62. The fourth-order valence-corrected chi connectivity index (χ4v) is 3.68. The third-order valence-corrected chi connectivity index (χ3v) is 5.34. The lowest BCUT2D eigenvalue weighted by Gasteiger charge is -2.17. The van der Waals surface area contributed by atoms with Crippen molar-refractivity contribution in [1.82, 2.24) is 9.97 Å². The van der Waals surface area contributed by atoms with E-state index in [0.717, 1.165) is 55.3 Å². The molecule has 6 nitrogen and oxygen atoms in total. The van der Waals surface area contributed by atoms with Gasteiger partial charge < -0.3 is 15.5 Å². The van der Waals surface area contributed by atoms with Crippen LogP contribution in [0.25, 0.3) is 0 Å². The first kappa shape index (κ1) is 22.6. The van der Waals surface area contributed by atoms with Crippen LogP contribution in [0, 0.1) is 6.92 Å². The van der Waals surface area contributed by atoms with Gasteiger partial charge in [0.15, 0.2) is 0 Å². The van der Waals surface area contributed by atoms with E-state index in [0.29, 0.717) is 17.2 Å². The van der Waals surface area contributed by atoms with Crippen LogP contribution in [-0.2, 0) is 17.4 Å². The number of halogens is 3. The van der Waals surface area contributed by atoms with Gasteiger partial charge in [-0.25, -0.2) is 4.98 Å². The highest BCUT2D eigenvalue weighted by Crippen LogP contribution is 2.29. The van der Waals surface area contributed by atoms with E-state index in [9.17, 15) is 18.0 Å². The summed E-state index contributed by atoms with van der Waals surface area (Å²) in [6.45, 7) is 3.93. The van der Waals surface area contributed by atoms with Crippen LogP contribution in [0.1, 0.15) is 29.7 Å². The van der Waals surface area contributed by atoms with Crippen molar-refractivity contribution in [3.63, 3.8) is 0 Å². The van der Waals surface area contributed by atoms with Crippen molar-refractivity contribution in [3.8, 4) is 0 Å². The zero-order valence-corrected chi connectivity index (χ0v) is 18.1. The first-order valence-electron chi connectivity index (χ1n) is 10.7. The van der Waals surface area contributed by atoms with E-state index < -0.39 is 11.7 Å². The van der Waals surface area contributed by atoms with Crippen molar-refractivity contribution in [3.05, 3.63) is 71.4 Å². The number of hydrogen-bond donors (Lipinski definition) is 2. The molecule has 1 amide bonds. The normalized spacial score (nSPS) is 13.8. The number of nitrogens with one attached hydrogen (secondary N) is 2. The Morgan fingerprint density at radius 1 is 0.970 bits per heavy atom. The maximum absolute atomic E-state index is 12.7. The summed E-state index contributed by atoms with van der Waals surface area (Å²) in [6, 6.07) is 13.6. The predicted molar refractivity (Wildman–Crippen MR) is 122 cm³/mol. The molecule has 0 atom stereocenters. The molecule has 33 heavy (non-hydrogen) atoms. The predicted octanol–water partition coefficient (Wildman–Crippen LogP) is 5.33. The second-order valence-corrected chi connectivity index (χ2v) is 8.01. The molecule has 0 saturated carbocycles. The molecule has 2 heterocycles. The molecule has 9 heteroatoms. The van der Waals surface area contributed by atoms with E-state index in [1.807, 2.05) is 13.0 Å². The van der Waals surface area contributed by atoms with E-state index in [4.69, 9.17) is 0 Å². The number of hydrogen-bond acceptors (Lipinski definition) is 5. The van der Waals surface area contributed by atoms with Gasteiger partial charge in [-0.15, -0.1) is 0 Å². The lowest BCUT2D eigenvalue weighted by atomic mass is 10.1. The lowest BCUT2D eigenvalue weighted by Crippen LogP contribution is -2.19. The Bertz CT molecular complexity index is 1110. The van der Waals surface area contributed by atoms with Crippen molar-refractivity contribution in [2.45, 2.75) is 32.4 Å². The molecule has 2 N–H and O–H groups in total. The Balaban J connectivity index is 1.35. The number of amides is 1. The minimum atomic E-state index is -4.39. The molecule has 172 valence electrons. The van der Waals surface area contributed by atoms with E-state index in [1.54, 1.807) is 24.3 Å². The number of alkyl halides is 3. The van der Waals surface area contributed by atoms with Crippen LogP contribution in [0.2, 0.25) is 0 Å². The molecule has 1 aliphatic rings. The fraction of sp³-hybridized carbons (Fsp3) is 0.292. The zero-order valence-electron chi connectivity index (χ0n) is 18.1. The number of benzene rings is 2. The highest BCUT2D eigenvalue weighted by molar-refractivity contribution is 5.92. The Morgan fingerprint density at radius 3 is 2.24 bits per heavy atom. The average molecular weight is 455 g/mol. The van der Waals surface area contributed by atoms with E-state index >= 15 is 0 Å². The lowest BCUT2D eigenvalue weighted by molar-refractivity contribution is -0.137. The highest BCUT2D eigenvalue weighted by Gasteiger charge is 2.30. The summed E-state index contributed by atoms with van der Waals surface area (Å²) in [6.07, 6.45) is -2.08. The molecule has 1 fully saturated rings. The molecule has 0 radical (unpaired) electrons. The standard InChI is InChI=1S/C24H24F3N5O/c1-16-14-21(32-12-2-3-13-32)31-23(28-16)30-20-10-8-19(9-11-20)29-22(33)15-17-4-6-18(7-5-17)24(25,26)27/h4-11,14H,2-3,12-13,15H2,1H3,(H,29,33)(H,28,30,31). The number of nitrogens with zero attached hydrogens (tertiary/aromatic N) is 3. The largest absolute Gasteiger partial charge is 0.416 e. The van der Waals surface area contributed by atoms with Crippen LogP contribution in [-0.4, -0.2) is 29.0 Å². The molecule has 2 aromatic carbocycles. The molecular formula is C24H24F3N5O. The number of rotatable bonds is 6. The second-order valence-electron chi connectivity index (χ2n) is 8.01. The maximum atomic E-state index is 12.7. The quantitative estimate of drug-likeness (QED) is 0.526. The van der Waals surface area contributed by atoms with Crippen LogP contribution in [0.5, 0.6) is 0 Å². The summed E-state index contributed by atoms with van der Waals surface area (Å²) in [5.74, 6) is 1.11. The van der Waals surface area contributed by atoms with Crippen LogP contribution in [0.15, 0.2) is 54.6 Å². The van der Waals surface area contributed by atoms with Crippen molar-refractivity contribution < 1.29 is 18.0 Å². The topological polar surface area (TPSA) is 70.2 Å². The second kappa shape index (κ2) is 9.48. The van der Waals surface area contributed by atoms with Gasteiger partial charge in [0.1, 0.15) is 5.82 Å². The van der Waals surface area contributed by atoms with Gasteiger partial charge in [-0.3, -0.25) is 4.79 Å². The third kappa shape index (κ3) is 6.00. The summed E-state index contributed by atoms with van der Waals surface area (Å²) in [5, 5.41) is 5.95. The van der Waals surface area contributed by atoms with Crippen LogP contribution < -0.4 is 15.5 Å². The SMILES string of the molecule is Cc1cc(N2CCCC2)nc(Nc2ccc(NC(=O)Cc3ccc(C(F)(F)F)cc3)cc2)n1. The monoisotopic (exact) mass is 455 g/mol. The molecule has 0 spiro atoms. The Kier molecular flexibility index (Phi) is 6.48. The fourth-order valence-electron chi connectivity index (χ4n) is 3.68. The van der Waals surface area contributed by atoms with Crippen molar-refractivity contribution in [1.29, 1.82) is 0 Å². The number of aryl methyl sites for hydroxylation is 1. The van der Waals surface area contributed by atoms with Crippen molar-refractivity contribution in [2.75, 3.05) is 28.6 Å². The van der Waals surface area contributed by atoms with E-state index in [1.165, 1.54) is 12.1 Å². The molecule has 4 rings (SSSR count). The first-order valence-corrected chi connectivity index (χ1v) is 10.7. The van der Waals surface area contributed by atoms with Crippen LogP contribution in [0.3, 0.4) is 0 Å². The van der Waals surface area contributed by atoms with Gasteiger partial charge in [-0.05, 0) is 61.7 Å². The van der Waals surface area contributed by atoms with Gasteiger partial charge in [0.2, 0.25) is 11.9 Å². The molecule has 1 aliphatic heterocycles. The molecule has 0 unspecified atom stereocenters. The third-order valence-electron chi connectivity index (χ3n) is 5.34. The van der Waals surface area contributed by atoms with E-state index in [2.05, 4.69) is 25.5 Å². The zero-order chi connectivity index (χ0) is 23.4. The van der Waals surface area contributed by atoms with Crippen LogP contribution >= 0.6 is 0 Å². The highest BCUT2D eigenvalue weighted by atomic mass is 19.4. The summed E-state index contributed by atoms with van der Waals surface area (Å²) < 4.78 is 38.0. The molecule has 0 bridgehead atoms. The van der Waals surface area contributed by atoms with Gasteiger partial charge in [0, 0.05) is 36.2 Å². The molecule has 1 aromatic heterocycles. The smallest absolute Gasteiger partial charge is 0.356 e. The summed E-state index contributed by atoms with van der Waals surface area (Å²) >= 11 is 0. The number of carbonyl (C=O) groups is 1. The van der Waals surface area contributed by atoms with Gasteiger partial charge >= 0.3 is 6.18 Å². The molecule has 3 aromatic rings. The first-order chi connectivity index (χ1) is 15.8. The van der Waals surface area contributed by atoms with Crippen molar-refractivity contribution >= 4 is 29.0 Å². The van der Waals surface area contributed by atoms with E-state index in [-0.39, 0.29) is 12.3 Å². The summed E-state index contributed by atoms with van der Waals surface area (Å²) in [4.78, 5) is 23.6. The minimum Gasteiger partial charge on any atom is -0.356 e. The molecule has 0 aliphatic carbocycles. The Morgan fingerprint density at radius 2 is 1.61 bits per heavy atom. The van der Waals surface area contributed by atoms with Crippen LogP contribution in [0.4, 0.5) is 36.3 Å². The summed E-state index contributed by atoms with van der Waals surface area (Å²) in [5.41, 5.74) is 2.00. The Labute approximate surface area is 189 Å². The number of aromatic nitrogens is 2. The number of anilines is 4. The summed E-state index contributed by atoms with van der Waals surface area (Å²) in [7, 11) is 0. The average Bonchev–Trinajstić information content (AvgIpc) is 3.29. The molecular weight excluding hydrogens is 431 g/mol. The van der Waals surface area contributed by atoms with Gasteiger partial charge in [0.05, 0.1) is 12.0 Å². The molecule has 1 saturated heterocycles. The van der Waals surface area contributed by atoms with Crippen molar-refractivity contribution in [2.24, 2.45) is 0 Å². The number of carbonyl (C=O) groups excluding carboxylic acids is 1. The van der Waals surface area contributed by atoms with Gasteiger partial charge in [-0.1, -0.05) is 12.1 Å². The maximum Gasteiger partial charge on any atom is 0.416 e. The van der Waals surface area contributed by atoms with Gasteiger partial charge in [0.25, 0.3) is 0 Å².